The van der Waals surface area contributed by atoms with Crippen LogP contribution in [0.3, 0.4) is 0 Å². The lowest BCUT2D eigenvalue weighted by Crippen LogP contribution is -2.60. The van der Waals surface area contributed by atoms with Crippen LogP contribution in [0.5, 0.6) is 11.8 Å². The van der Waals surface area contributed by atoms with E-state index in [-0.39, 0.29) is 61.4 Å². The Kier molecular flexibility index (Phi) is 5.66. The minimum atomic E-state index is -0.910. The molecule has 220 valence electrons. The first-order valence-electron chi connectivity index (χ1n) is 14.1. The van der Waals surface area contributed by atoms with Gasteiger partial charge in [0.05, 0.1) is 32.2 Å². The number of nitrogen functional groups attached to an aromatic ring is 1. The summed E-state index contributed by atoms with van der Waals surface area (Å²) in [5, 5.41) is 0.520. The van der Waals surface area contributed by atoms with Crippen LogP contribution in [-0.4, -0.2) is 69.9 Å². The van der Waals surface area contributed by atoms with Gasteiger partial charge in [-0.3, -0.25) is 4.90 Å². The number of anilines is 2. The van der Waals surface area contributed by atoms with E-state index in [1.165, 1.54) is 12.1 Å². The molecule has 0 unspecified atom stereocenters. The van der Waals surface area contributed by atoms with Gasteiger partial charge in [-0.05, 0) is 51.3 Å². The third-order valence-corrected chi connectivity index (χ3v) is 11.0. The molecule has 0 spiro atoms. The number of nitrogens with zero attached hydrogens (tertiary/aromatic N) is 5. The highest BCUT2D eigenvalue weighted by Gasteiger charge is 2.52. The van der Waals surface area contributed by atoms with Crippen LogP contribution < -0.4 is 20.1 Å². The monoisotopic (exact) mass is 616 g/mol. The molecule has 2 aromatic heterocycles. The van der Waals surface area contributed by atoms with Crippen LogP contribution in [0.2, 0.25) is 5.02 Å². The molecule has 4 aromatic rings. The Morgan fingerprint density at radius 1 is 1.21 bits per heavy atom. The van der Waals surface area contributed by atoms with Crippen LogP contribution >= 0.6 is 22.9 Å². The summed E-state index contributed by atoms with van der Waals surface area (Å²) in [6, 6.07) is 2.64. The van der Waals surface area contributed by atoms with Crippen LogP contribution in [0, 0.1) is 11.6 Å². The van der Waals surface area contributed by atoms with Crippen molar-refractivity contribution in [1.82, 2.24) is 19.9 Å². The Morgan fingerprint density at radius 3 is 2.83 bits per heavy atom. The van der Waals surface area contributed by atoms with Crippen molar-refractivity contribution in [1.29, 1.82) is 0 Å². The molecule has 42 heavy (non-hydrogen) atoms. The van der Waals surface area contributed by atoms with Crippen molar-refractivity contribution in [2.45, 2.75) is 62.4 Å². The molecule has 3 fully saturated rings. The maximum atomic E-state index is 16.8. The Labute approximate surface area is 248 Å². The van der Waals surface area contributed by atoms with Crippen LogP contribution in [0.15, 0.2) is 12.1 Å². The molecule has 4 aliphatic rings. The van der Waals surface area contributed by atoms with E-state index in [0.29, 0.717) is 24.2 Å². The second-order valence-electron chi connectivity index (χ2n) is 12.2. The van der Waals surface area contributed by atoms with Gasteiger partial charge in [0.1, 0.15) is 35.5 Å². The number of hydrogen-bond donors (Lipinski definition) is 1. The van der Waals surface area contributed by atoms with Crippen LogP contribution in [-0.2, 0) is 0 Å². The first-order chi connectivity index (χ1) is 20.1. The van der Waals surface area contributed by atoms with Crippen molar-refractivity contribution in [3.63, 3.8) is 0 Å². The largest absolute Gasteiger partial charge is 0.483 e. The zero-order valence-corrected chi connectivity index (χ0v) is 24.6. The first kappa shape index (κ1) is 26.5. The van der Waals surface area contributed by atoms with Gasteiger partial charge in [-0.25, -0.2) is 18.2 Å². The van der Waals surface area contributed by atoms with Crippen molar-refractivity contribution < 1.29 is 22.6 Å². The fourth-order valence-corrected chi connectivity index (χ4v) is 8.59. The van der Waals surface area contributed by atoms with E-state index >= 15 is 4.39 Å². The molecule has 13 heteroatoms. The van der Waals surface area contributed by atoms with Crippen molar-refractivity contribution >= 4 is 55.0 Å². The molecular formula is C29H28ClF3N6O2S. The van der Waals surface area contributed by atoms with E-state index in [0.717, 1.165) is 43.6 Å². The van der Waals surface area contributed by atoms with Gasteiger partial charge in [0.25, 0.3) is 0 Å². The van der Waals surface area contributed by atoms with Gasteiger partial charge < -0.3 is 20.1 Å². The Morgan fingerprint density at radius 2 is 2.05 bits per heavy atom. The third kappa shape index (κ3) is 3.60. The second kappa shape index (κ2) is 8.96. The van der Waals surface area contributed by atoms with E-state index in [4.69, 9.17) is 31.8 Å². The topological polar surface area (TPSA) is 89.6 Å². The molecule has 8 rings (SSSR count). The summed E-state index contributed by atoms with van der Waals surface area (Å²) in [4.78, 5) is 17.8. The zero-order valence-electron chi connectivity index (χ0n) is 23.0. The molecule has 2 saturated heterocycles. The lowest BCUT2D eigenvalue weighted by Gasteiger charge is -2.49. The summed E-state index contributed by atoms with van der Waals surface area (Å²) in [6.07, 6.45) is 2.88. The molecule has 3 aliphatic heterocycles. The van der Waals surface area contributed by atoms with E-state index < -0.39 is 28.9 Å². The maximum absolute atomic E-state index is 16.8. The van der Waals surface area contributed by atoms with Crippen molar-refractivity contribution in [3.05, 3.63) is 28.8 Å². The molecule has 5 heterocycles. The minimum absolute atomic E-state index is 0.00362. The second-order valence-corrected chi connectivity index (χ2v) is 13.6. The number of halogens is 4. The number of benzene rings is 2. The van der Waals surface area contributed by atoms with Crippen LogP contribution in [0.1, 0.15) is 39.0 Å². The van der Waals surface area contributed by atoms with Crippen LogP contribution in [0.4, 0.5) is 24.1 Å². The number of rotatable bonds is 4. The number of likely N-dealkylation sites (N-methyl/N-ethyl adjacent to an activating group) is 1. The van der Waals surface area contributed by atoms with E-state index in [1.54, 1.807) is 0 Å². The van der Waals surface area contributed by atoms with E-state index in [9.17, 15) is 8.78 Å². The zero-order chi connectivity index (χ0) is 29.1. The fourth-order valence-electron chi connectivity index (χ4n) is 7.51. The van der Waals surface area contributed by atoms with Gasteiger partial charge in [-0.15, -0.1) is 0 Å². The predicted octanol–water partition coefficient (Wildman–Crippen LogP) is 6.13. The van der Waals surface area contributed by atoms with Crippen molar-refractivity contribution in [3.8, 4) is 22.9 Å². The predicted molar refractivity (Wildman–Crippen MR) is 156 cm³/mol. The number of aromatic nitrogens is 3. The highest BCUT2D eigenvalue weighted by Crippen LogP contribution is 2.54. The fraction of sp³-hybridized carbons (Fsp3) is 0.483. The SMILES string of the molecule is CN1c2nc(OC[C@@]34CCCN3C[C@H](F)C4)nc3c(F)c(-c4ccc(F)c5sc(N)nc45)c(Cl)c(c23)O[C@@]2(C)CC[C@H]12. The molecule has 8 nitrogen and oxygen atoms in total. The summed E-state index contributed by atoms with van der Waals surface area (Å²) in [6.45, 7) is 3.41. The Bertz CT molecular complexity index is 1810. The van der Waals surface area contributed by atoms with Gasteiger partial charge in [-0.2, -0.15) is 9.97 Å². The molecule has 0 bridgehead atoms. The van der Waals surface area contributed by atoms with E-state index in [1.807, 2.05) is 18.9 Å². The molecule has 1 saturated carbocycles. The molecular weight excluding hydrogens is 589 g/mol. The van der Waals surface area contributed by atoms with Gasteiger partial charge in [0.2, 0.25) is 0 Å². The summed E-state index contributed by atoms with van der Waals surface area (Å²) in [5.41, 5.74) is 5.34. The number of thiazole rings is 1. The van der Waals surface area contributed by atoms with Gasteiger partial charge in [-0.1, -0.05) is 22.9 Å². The Hall–Kier alpha value is -3.09. The van der Waals surface area contributed by atoms with Gasteiger partial charge >= 0.3 is 6.01 Å². The van der Waals surface area contributed by atoms with E-state index in [2.05, 4.69) is 14.9 Å². The lowest BCUT2D eigenvalue weighted by atomic mass is 9.75. The average Bonchev–Trinajstić information content (AvgIpc) is 3.60. The smallest absolute Gasteiger partial charge is 0.319 e. The normalized spacial score (nSPS) is 28.5. The standard InChI is InChI=1S/C29H28ClF3N6O2S/c1-28-8-6-16(28)38(2)25-18-22(36-27(37-25)40-12-29-7-3-9-39(29)11-13(31)10-29)20(33)17(19(30)23(18)41-28)14-4-5-15(32)24-21(14)35-26(34)42-24/h4-5,13,16H,3,6-12H2,1-2H3,(H2,34,35)/t13-,16+,28+,29+/m1/s1. The highest BCUT2D eigenvalue weighted by atomic mass is 35.5. The summed E-state index contributed by atoms with van der Waals surface area (Å²) in [5.74, 6) is -0.528. The van der Waals surface area contributed by atoms with Crippen LogP contribution in [0.25, 0.3) is 32.2 Å². The highest BCUT2D eigenvalue weighted by molar-refractivity contribution is 7.22. The average molecular weight is 617 g/mol. The third-order valence-electron chi connectivity index (χ3n) is 9.71. The number of alkyl halides is 1. The summed E-state index contributed by atoms with van der Waals surface area (Å²) < 4.78 is 58.9. The molecule has 2 N–H and O–H groups in total. The number of hydrogen-bond acceptors (Lipinski definition) is 9. The quantitative estimate of drug-likeness (QED) is 0.293. The number of fused-ring (bicyclic) bond motifs is 3. The molecule has 4 atom stereocenters. The molecule has 1 aliphatic carbocycles. The molecule has 2 aromatic carbocycles. The van der Waals surface area contributed by atoms with Crippen molar-refractivity contribution in [2.75, 3.05) is 37.4 Å². The molecule has 0 radical (unpaired) electrons. The summed E-state index contributed by atoms with van der Waals surface area (Å²) >= 11 is 7.98. The lowest BCUT2D eigenvalue weighted by molar-refractivity contribution is -0.0101. The summed E-state index contributed by atoms with van der Waals surface area (Å²) in [7, 11) is 1.90. The molecule has 0 amide bonds. The minimum Gasteiger partial charge on any atom is -0.483 e. The number of ether oxygens (including phenoxy) is 2. The van der Waals surface area contributed by atoms with Gasteiger partial charge in [0.15, 0.2) is 16.7 Å². The van der Waals surface area contributed by atoms with Crippen molar-refractivity contribution in [2.24, 2.45) is 0 Å². The van der Waals surface area contributed by atoms with Gasteiger partial charge in [0, 0.05) is 31.1 Å². The Balaban J connectivity index is 1.34. The number of nitrogens with two attached hydrogens (primary N) is 1. The maximum Gasteiger partial charge on any atom is 0.319 e. The first-order valence-corrected chi connectivity index (χ1v) is 15.3.